The first-order valence-electron chi connectivity index (χ1n) is 9.97. The molecule has 7 heteroatoms. The summed E-state index contributed by atoms with van der Waals surface area (Å²) in [5, 5.41) is 20.0. The van der Waals surface area contributed by atoms with Crippen LogP contribution in [-0.2, 0) is 16.1 Å². The first-order valence-corrected chi connectivity index (χ1v) is 9.97. The molecule has 0 amide bonds. The molecule has 156 valence electrons. The van der Waals surface area contributed by atoms with Gasteiger partial charge in [0.2, 0.25) is 0 Å². The van der Waals surface area contributed by atoms with Crippen molar-refractivity contribution in [1.29, 1.82) is 0 Å². The molecule has 2 N–H and O–H groups in total. The molecule has 0 radical (unpaired) electrons. The van der Waals surface area contributed by atoms with E-state index in [-0.39, 0.29) is 23.4 Å². The number of halogens is 1. The molecule has 0 spiro atoms. The molecule has 1 aromatic heterocycles. The summed E-state index contributed by atoms with van der Waals surface area (Å²) in [5.41, 5.74) is 1.15. The lowest BCUT2D eigenvalue weighted by molar-refractivity contribution is -0.144. The maximum atomic E-state index is 13.8. The van der Waals surface area contributed by atoms with Gasteiger partial charge in [-0.05, 0) is 48.3 Å². The van der Waals surface area contributed by atoms with Crippen LogP contribution in [0.15, 0.2) is 24.4 Å². The summed E-state index contributed by atoms with van der Waals surface area (Å²) in [6.07, 6.45) is 4.51. The Bertz CT molecular complexity index is 998. The number of carboxylic acids is 2. The molecular formula is C22H27FN2O4. The van der Waals surface area contributed by atoms with Gasteiger partial charge in [-0.1, -0.05) is 20.8 Å². The number of nitrogens with zero attached hydrogens (tertiary/aromatic N) is 2. The lowest BCUT2D eigenvalue weighted by atomic mass is 9.65. The minimum Gasteiger partial charge on any atom is -0.480 e. The fourth-order valence-corrected chi connectivity index (χ4v) is 6.05. The van der Waals surface area contributed by atoms with Crippen LogP contribution in [0, 0.1) is 16.6 Å². The van der Waals surface area contributed by atoms with Gasteiger partial charge >= 0.3 is 11.9 Å². The lowest BCUT2D eigenvalue weighted by Gasteiger charge is -2.40. The van der Waals surface area contributed by atoms with Crippen molar-refractivity contribution in [2.75, 3.05) is 6.54 Å². The normalized spacial score (nSPS) is 27.2. The van der Waals surface area contributed by atoms with Crippen LogP contribution < -0.4 is 0 Å². The largest absolute Gasteiger partial charge is 0.480 e. The molecule has 2 bridgehead atoms. The Morgan fingerprint density at radius 3 is 2.62 bits per heavy atom. The number of fused-ring (bicyclic) bond motifs is 3. The molecule has 0 unspecified atom stereocenters. The summed E-state index contributed by atoms with van der Waals surface area (Å²) < 4.78 is 15.3. The zero-order valence-electron chi connectivity index (χ0n) is 17.0. The standard InChI is InChI=1S/C22H27FN2O4/c1-21(2)7-14-8-22(3,11-21)12-25(14)19(20(28)29)16-9-24(10-18(26)27)17-6-13(23)4-5-15(16)17/h4-6,9,14,19H,7-8,10-12H2,1-3H3,(H,26,27)(H,28,29)/t14-,19-,22-/m0/s1. The van der Waals surface area contributed by atoms with Gasteiger partial charge in [-0.15, -0.1) is 0 Å². The van der Waals surface area contributed by atoms with E-state index in [1.165, 1.54) is 16.7 Å². The third kappa shape index (κ3) is 3.52. The van der Waals surface area contributed by atoms with Crippen molar-refractivity contribution in [3.63, 3.8) is 0 Å². The maximum Gasteiger partial charge on any atom is 0.325 e. The fraction of sp³-hybridized carbons (Fsp3) is 0.545. The quantitative estimate of drug-likeness (QED) is 0.793. The molecule has 29 heavy (non-hydrogen) atoms. The molecule has 4 rings (SSSR count). The summed E-state index contributed by atoms with van der Waals surface area (Å²) in [4.78, 5) is 25.8. The van der Waals surface area contributed by atoms with Crippen LogP contribution in [0.25, 0.3) is 10.9 Å². The van der Waals surface area contributed by atoms with Crippen molar-refractivity contribution in [2.45, 2.75) is 58.7 Å². The van der Waals surface area contributed by atoms with E-state index in [4.69, 9.17) is 0 Å². The molecule has 1 aliphatic carbocycles. The summed E-state index contributed by atoms with van der Waals surface area (Å²) in [6.45, 7) is 7.03. The number of benzene rings is 1. The Kier molecular flexibility index (Phi) is 4.49. The van der Waals surface area contributed by atoms with Crippen LogP contribution in [0.3, 0.4) is 0 Å². The number of carboxylic acid groups (broad SMARTS) is 2. The van der Waals surface area contributed by atoms with E-state index in [0.717, 1.165) is 19.3 Å². The highest BCUT2D eigenvalue weighted by molar-refractivity contribution is 5.90. The fourth-order valence-electron chi connectivity index (χ4n) is 6.05. The van der Waals surface area contributed by atoms with Crippen LogP contribution in [-0.4, -0.2) is 44.2 Å². The first-order chi connectivity index (χ1) is 13.5. The van der Waals surface area contributed by atoms with Crippen LogP contribution in [0.5, 0.6) is 0 Å². The molecule has 1 saturated heterocycles. The topological polar surface area (TPSA) is 82.8 Å². The minimum atomic E-state index is -1.06. The van der Waals surface area contributed by atoms with E-state index in [9.17, 15) is 24.2 Å². The van der Waals surface area contributed by atoms with E-state index in [0.29, 0.717) is 23.0 Å². The van der Waals surface area contributed by atoms with Crippen LogP contribution in [0.1, 0.15) is 51.6 Å². The summed E-state index contributed by atoms with van der Waals surface area (Å²) in [6, 6.07) is 3.39. The molecular weight excluding hydrogens is 375 g/mol. The second-order valence-electron chi connectivity index (χ2n) is 9.89. The molecule has 3 atom stereocenters. The van der Waals surface area contributed by atoms with Crippen LogP contribution in [0.2, 0.25) is 0 Å². The second-order valence-corrected chi connectivity index (χ2v) is 9.89. The third-order valence-electron chi connectivity index (χ3n) is 6.50. The number of rotatable bonds is 5. The number of likely N-dealkylation sites (tertiary alicyclic amines) is 1. The van der Waals surface area contributed by atoms with Gasteiger partial charge in [0.1, 0.15) is 18.4 Å². The molecule has 2 aliphatic rings. The summed E-state index contributed by atoms with van der Waals surface area (Å²) >= 11 is 0. The van der Waals surface area contributed by atoms with Gasteiger partial charge in [0.05, 0.1) is 5.52 Å². The Labute approximate surface area is 168 Å². The zero-order valence-corrected chi connectivity index (χ0v) is 17.0. The Morgan fingerprint density at radius 1 is 1.24 bits per heavy atom. The average Bonchev–Trinajstić information content (AvgIpc) is 3.01. The highest BCUT2D eigenvalue weighted by Crippen LogP contribution is 2.54. The monoisotopic (exact) mass is 402 g/mol. The van der Waals surface area contributed by atoms with E-state index >= 15 is 0 Å². The Morgan fingerprint density at radius 2 is 1.97 bits per heavy atom. The molecule has 6 nitrogen and oxygen atoms in total. The SMILES string of the molecule is CC1(C)C[C@H]2C[C@](C)(CN2[C@H](C(=O)O)c2cn(CC(=O)O)c3cc(F)ccc23)C1. The lowest BCUT2D eigenvalue weighted by Crippen LogP contribution is -2.39. The average molecular weight is 402 g/mol. The Balaban J connectivity index is 1.82. The highest BCUT2D eigenvalue weighted by Gasteiger charge is 2.52. The molecule has 2 fully saturated rings. The zero-order chi connectivity index (χ0) is 21.1. The molecule has 2 aromatic rings. The molecule has 1 aromatic carbocycles. The van der Waals surface area contributed by atoms with E-state index in [1.807, 2.05) is 0 Å². The van der Waals surface area contributed by atoms with Gasteiger partial charge in [-0.2, -0.15) is 0 Å². The van der Waals surface area contributed by atoms with Gasteiger partial charge in [-0.3, -0.25) is 14.5 Å². The highest BCUT2D eigenvalue weighted by atomic mass is 19.1. The van der Waals surface area contributed by atoms with Gasteiger partial charge < -0.3 is 14.8 Å². The van der Waals surface area contributed by atoms with Gasteiger partial charge in [0, 0.05) is 29.7 Å². The number of carbonyl (C=O) groups is 2. The Hall–Kier alpha value is -2.41. The van der Waals surface area contributed by atoms with Crippen molar-refractivity contribution >= 4 is 22.8 Å². The van der Waals surface area contributed by atoms with Crippen LogP contribution in [0.4, 0.5) is 4.39 Å². The van der Waals surface area contributed by atoms with E-state index in [1.54, 1.807) is 12.3 Å². The number of aromatic nitrogens is 1. The van der Waals surface area contributed by atoms with E-state index in [2.05, 4.69) is 25.7 Å². The predicted molar refractivity (Wildman–Crippen MR) is 106 cm³/mol. The number of hydrogen-bond donors (Lipinski definition) is 2. The minimum absolute atomic E-state index is 0.0612. The van der Waals surface area contributed by atoms with E-state index < -0.39 is 23.8 Å². The van der Waals surface area contributed by atoms with Crippen molar-refractivity contribution in [3.05, 3.63) is 35.8 Å². The molecule has 1 saturated carbocycles. The van der Waals surface area contributed by atoms with Crippen molar-refractivity contribution in [3.8, 4) is 0 Å². The maximum absolute atomic E-state index is 13.8. The van der Waals surface area contributed by atoms with Crippen molar-refractivity contribution < 1.29 is 24.2 Å². The molecule has 1 aliphatic heterocycles. The van der Waals surface area contributed by atoms with Crippen LogP contribution >= 0.6 is 0 Å². The first kappa shape index (κ1) is 19.9. The second kappa shape index (κ2) is 6.55. The smallest absolute Gasteiger partial charge is 0.325 e. The van der Waals surface area contributed by atoms with Gasteiger partial charge in [-0.25, -0.2) is 4.39 Å². The number of aliphatic carboxylic acids is 2. The van der Waals surface area contributed by atoms with Gasteiger partial charge in [0.25, 0.3) is 0 Å². The third-order valence-corrected chi connectivity index (χ3v) is 6.50. The van der Waals surface area contributed by atoms with Crippen molar-refractivity contribution in [2.24, 2.45) is 10.8 Å². The van der Waals surface area contributed by atoms with Gasteiger partial charge in [0.15, 0.2) is 0 Å². The summed E-state index contributed by atoms with van der Waals surface area (Å²) in [7, 11) is 0. The summed E-state index contributed by atoms with van der Waals surface area (Å²) in [5.74, 6) is -2.50. The molecule has 2 heterocycles. The van der Waals surface area contributed by atoms with Crippen molar-refractivity contribution in [1.82, 2.24) is 9.47 Å². The number of hydrogen-bond acceptors (Lipinski definition) is 3. The predicted octanol–water partition coefficient (Wildman–Crippen LogP) is 3.89.